The van der Waals surface area contributed by atoms with Gasteiger partial charge in [-0.1, -0.05) is 11.8 Å². The van der Waals surface area contributed by atoms with E-state index in [1.165, 1.54) is 17.0 Å². The molecule has 3 heterocycles. The van der Waals surface area contributed by atoms with Crippen LogP contribution in [0.3, 0.4) is 0 Å². The highest BCUT2D eigenvalue weighted by molar-refractivity contribution is 8.14. The van der Waals surface area contributed by atoms with Gasteiger partial charge >= 0.3 is 0 Å². The summed E-state index contributed by atoms with van der Waals surface area (Å²) in [6.07, 6.45) is 0. The monoisotopic (exact) mass is 434 g/mol. The first kappa shape index (κ1) is 20.1. The molecule has 0 saturated carbocycles. The second-order valence-corrected chi connectivity index (χ2v) is 9.21. The quantitative estimate of drug-likeness (QED) is 0.734. The summed E-state index contributed by atoms with van der Waals surface area (Å²) >= 11 is 2.81. The van der Waals surface area contributed by atoms with Crippen LogP contribution in [0.15, 0.2) is 56.5 Å². The van der Waals surface area contributed by atoms with Crippen molar-refractivity contribution in [2.45, 2.75) is 37.8 Å². The third-order valence-corrected chi connectivity index (χ3v) is 6.88. The lowest BCUT2D eigenvalue weighted by atomic mass is 10.0. The number of aryl methyl sites for hydroxylation is 1. The molecule has 9 heteroatoms. The standard InChI is InChI=1S/C20H20F2N4OS2/c1-10-4-6-17(28-10)15-9-27-26-19(23-15)18-11(2)12(3)24-25-20(18)29-16-7-5-13(21)8-14(16)22/h4-8,12,15,24H,9H2,1-3H3,(H,23,26). The van der Waals surface area contributed by atoms with Crippen molar-refractivity contribution in [1.29, 1.82) is 0 Å². The van der Waals surface area contributed by atoms with Gasteiger partial charge in [-0.3, -0.25) is 9.83 Å². The van der Waals surface area contributed by atoms with Gasteiger partial charge in [-0.2, -0.15) is 5.10 Å². The van der Waals surface area contributed by atoms with E-state index in [-0.39, 0.29) is 17.0 Å². The average molecular weight is 435 g/mol. The molecular weight excluding hydrogens is 414 g/mol. The number of hydroxylamine groups is 1. The van der Waals surface area contributed by atoms with Crippen LogP contribution in [0.5, 0.6) is 0 Å². The summed E-state index contributed by atoms with van der Waals surface area (Å²) in [5, 5.41) is 4.96. The molecule has 0 radical (unpaired) electrons. The summed E-state index contributed by atoms with van der Waals surface area (Å²) in [6, 6.07) is 7.50. The Morgan fingerprint density at radius 2 is 2.03 bits per heavy atom. The van der Waals surface area contributed by atoms with Gasteiger partial charge in [0.25, 0.3) is 0 Å². The summed E-state index contributed by atoms with van der Waals surface area (Å²) in [6.45, 7) is 6.45. The highest BCUT2D eigenvalue weighted by Gasteiger charge is 2.29. The first-order chi connectivity index (χ1) is 13.9. The van der Waals surface area contributed by atoms with Gasteiger partial charge in [-0.25, -0.2) is 14.3 Å². The molecule has 29 heavy (non-hydrogen) atoms. The number of hydrogen-bond donors (Lipinski definition) is 2. The zero-order chi connectivity index (χ0) is 20.5. The van der Waals surface area contributed by atoms with E-state index >= 15 is 0 Å². The van der Waals surface area contributed by atoms with Crippen LogP contribution >= 0.6 is 23.1 Å². The van der Waals surface area contributed by atoms with Crippen molar-refractivity contribution in [3.8, 4) is 0 Å². The predicted molar refractivity (Wildman–Crippen MR) is 113 cm³/mol. The molecule has 2 aromatic rings. The maximum atomic E-state index is 14.2. The Kier molecular flexibility index (Phi) is 5.71. The molecule has 0 fully saturated rings. The molecule has 5 nitrogen and oxygen atoms in total. The number of thioether (sulfide) groups is 1. The number of nitrogens with one attached hydrogen (secondary N) is 2. The SMILES string of the molecule is CC1=C(C2=NC(c3ccc(C)s3)CON2)C(Sc2ccc(F)cc2F)=NNC1C. The summed E-state index contributed by atoms with van der Waals surface area (Å²) < 4.78 is 27.5. The number of halogens is 2. The highest BCUT2D eigenvalue weighted by atomic mass is 32.2. The van der Waals surface area contributed by atoms with Crippen molar-refractivity contribution in [1.82, 2.24) is 10.9 Å². The molecule has 152 valence electrons. The molecule has 2 unspecified atom stereocenters. The van der Waals surface area contributed by atoms with Gasteiger partial charge in [0.15, 0.2) is 5.84 Å². The number of rotatable bonds is 3. The summed E-state index contributed by atoms with van der Waals surface area (Å²) in [5.74, 6) is -0.682. The Morgan fingerprint density at radius 1 is 1.21 bits per heavy atom. The normalized spacial score (nSPS) is 22.0. The Hall–Kier alpha value is -2.23. The highest BCUT2D eigenvalue weighted by Crippen LogP contribution is 2.33. The van der Waals surface area contributed by atoms with Gasteiger partial charge in [-0.15, -0.1) is 11.3 Å². The Bertz CT molecular complexity index is 1030. The van der Waals surface area contributed by atoms with E-state index in [1.54, 1.807) is 11.3 Å². The van der Waals surface area contributed by atoms with Crippen molar-refractivity contribution in [2.24, 2.45) is 10.1 Å². The summed E-state index contributed by atoms with van der Waals surface area (Å²) in [4.78, 5) is 13.1. The van der Waals surface area contributed by atoms with Crippen LogP contribution in [0.1, 0.15) is 29.6 Å². The third kappa shape index (κ3) is 4.22. The number of nitrogens with zero attached hydrogens (tertiary/aromatic N) is 2. The molecule has 0 bridgehead atoms. The Balaban J connectivity index is 1.69. The lowest BCUT2D eigenvalue weighted by molar-refractivity contribution is 0.0629. The van der Waals surface area contributed by atoms with E-state index in [1.807, 2.05) is 13.8 Å². The molecule has 0 saturated heterocycles. The molecule has 0 aliphatic carbocycles. The number of hydrogen-bond acceptors (Lipinski definition) is 7. The molecule has 1 aromatic heterocycles. The van der Waals surface area contributed by atoms with Crippen LogP contribution in [-0.4, -0.2) is 23.5 Å². The topological polar surface area (TPSA) is 58.0 Å². The summed E-state index contributed by atoms with van der Waals surface area (Å²) in [5.41, 5.74) is 7.72. The first-order valence-electron chi connectivity index (χ1n) is 9.12. The molecule has 0 amide bonds. The number of hydrazone groups is 1. The number of aliphatic imine (C=N–C) groups is 1. The lowest BCUT2D eigenvalue weighted by Gasteiger charge is -2.28. The zero-order valence-corrected chi connectivity index (χ0v) is 17.8. The molecule has 4 rings (SSSR count). The van der Waals surface area contributed by atoms with Crippen LogP contribution < -0.4 is 10.9 Å². The van der Waals surface area contributed by atoms with E-state index in [0.717, 1.165) is 33.9 Å². The van der Waals surface area contributed by atoms with Crippen LogP contribution in [0.4, 0.5) is 8.78 Å². The van der Waals surface area contributed by atoms with Crippen LogP contribution in [-0.2, 0) is 4.84 Å². The van der Waals surface area contributed by atoms with Gasteiger partial charge in [0, 0.05) is 20.7 Å². The molecule has 2 atom stereocenters. The largest absolute Gasteiger partial charge is 0.302 e. The fourth-order valence-corrected chi connectivity index (χ4v) is 4.88. The van der Waals surface area contributed by atoms with E-state index in [0.29, 0.717) is 17.5 Å². The van der Waals surface area contributed by atoms with Gasteiger partial charge in [0.1, 0.15) is 29.3 Å². The second-order valence-electron chi connectivity index (χ2n) is 6.86. The third-order valence-electron chi connectivity index (χ3n) is 4.74. The maximum absolute atomic E-state index is 14.2. The Morgan fingerprint density at radius 3 is 2.76 bits per heavy atom. The van der Waals surface area contributed by atoms with E-state index in [2.05, 4.69) is 35.1 Å². The van der Waals surface area contributed by atoms with Crippen molar-refractivity contribution in [2.75, 3.05) is 6.61 Å². The van der Waals surface area contributed by atoms with Crippen LogP contribution in [0.2, 0.25) is 0 Å². The molecule has 2 aliphatic heterocycles. The smallest absolute Gasteiger partial charge is 0.155 e. The second kappa shape index (κ2) is 8.25. The summed E-state index contributed by atoms with van der Waals surface area (Å²) in [7, 11) is 0. The number of benzene rings is 1. The average Bonchev–Trinajstić information content (AvgIpc) is 3.13. The predicted octanol–water partition coefficient (Wildman–Crippen LogP) is 4.72. The van der Waals surface area contributed by atoms with Crippen LogP contribution in [0.25, 0.3) is 0 Å². The number of thiophene rings is 1. The van der Waals surface area contributed by atoms with Crippen molar-refractivity contribution in [3.63, 3.8) is 0 Å². The fourth-order valence-electron chi connectivity index (χ4n) is 3.02. The van der Waals surface area contributed by atoms with Gasteiger partial charge in [0.2, 0.25) is 0 Å². The molecule has 0 spiro atoms. The van der Waals surface area contributed by atoms with E-state index < -0.39 is 11.6 Å². The molecule has 2 aliphatic rings. The minimum atomic E-state index is -0.630. The van der Waals surface area contributed by atoms with Crippen molar-refractivity contribution < 1.29 is 13.6 Å². The minimum Gasteiger partial charge on any atom is -0.302 e. The van der Waals surface area contributed by atoms with Gasteiger partial charge in [0.05, 0.1) is 11.6 Å². The molecule has 1 aromatic carbocycles. The first-order valence-corrected chi connectivity index (χ1v) is 10.7. The fraction of sp³-hybridized carbons (Fsp3) is 0.300. The van der Waals surface area contributed by atoms with Gasteiger partial charge < -0.3 is 5.43 Å². The number of amidine groups is 1. The van der Waals surface area contributed by atoms with Crippen LogP contribution in [0, 0.1) is 18.6 Å². The van der Waals surface area contributed by atoms with E-state index in [4.69, 9.17) is 9.83 Å². The lowest BCUT2D eigenvalue weighted by Crippen LogP contribution is -2.39. The van der Waals surface area contributed by atoms with E-state index in [9.17, 15) is 8.78 Å². The Labute approximate surface area is 175 Å². The minimum absolute atomic E-state index is 0.0127. The molecule has 2 N–H and O–H groups in total. The molecular formula is C20H20F2N4OS2. The van der Waals surface area contributed by atoms with Crippen molar-refractivity contribution in [3.05, 3.63) is 62.9 Å². The zero-order valence-electron chi connectivity index (χ0n) is 16.1. The maximum Gasteiger partial charge on any atom is 0.155 e. The van der Waals surface area contributed by atoms with Crippen molar-refractivity contribution >= 4 is 34.0 Å². The van der Waals surface area contributed by atoms with Gasteiger partial charge in [-0.05, 0) is 50.6 Å².